The summed E-state index contributed by atoms with van der Waals surface area (Å²) in [4.78, 5) is 38.4. The largest absolute Gasteiger partial charge is 0.325 e. The zero-order valence-electron chi connectivity index (χ0n) is 15.4. The number of carbonyl (C=O) groups is 3. The molecule has 1 aliphatic rings. The number of nitrogens with zero attached hydrogens (tertiary/aromatic N) is 1. The molecule has 4 amide bonds. The van der Waals surface area contributed by atoms with Crippen molar-refractivity contribution in [2.75, 3.05) is 11.9 Å². The molecule has 3 rings (SSSR count). The van der Waals surface area contributed by atoms with Crippen molar-refractivity contribution >= 4 is 23.5 Å². The van der Waals surface area contributed by atoms with Crippen molar-refractivity contribution in [1.29, 1.82) is 0 Å². The van der Waals surface area contributed by atoms with E-state index in [0.717, 1.165) is 11.0 Å². The minimum absolute atomic E-state index is 0.223. The number of benzene rings is 2. The third-order valence-corrected chi connectivity index (χ3v) is 4.80. The lowest BCUT2D eigenvalue weighted by atomic mass is 9.87. The highest BCUT2D eigenvalue weighted by Crippen LogP contribution is 2.32. The van der Waals surface area contributed by atoms with E-state index in [1.807, 2.05) is 0 Å². The van der Waals surface area contributed by atoms with Crippen molar-refractivity contribution < 1.29 is 23.2 Å². The third kappa shape index (κ3) is 3.45. The fourth-order valence-electron chi connectivity index (χ4n) is 3.16. The lowest BCUT2D eigenvalue weighted by molar-refractivity contribution is -0.134. The molecule has 1 aliphatic heterocycles. The number of amides is 4. The molecule has 1 atom stereocenters. The number of urea groups is 1. The van der Waals surface area contributed by atoms with Crippen LogP contribution in [0.5, 0.6) is 0 Å². The second-order valence-electron chi connectivity index (χ2n) is 6.60. The molecule has 6 nitrogen and oxygen atoms in total. The molecule has 0 aliphatic carbocycles. The highest BCUT2D eigenvalue weighted by atomic mass is 19.1. The minimum Gasteiger partial charge on any atom is -0.324 e. The topological polar surface area (TPSA) is 78.5 Å². The molecule has 0 spiro atoms. The van der Waals surface area contributed by atoms with Gasteiger partial charge < -0.3 is 10.6 Å². The van der Waals surface area contributed by atoms with Gasteiger partial charge in [-0.05, 0) is 48.7 Å². The molecule has 1 heterocycles. The van der Waals surface area contributed by atoms with Gasteiger partial charge in [-0.3, -0.25) is 14.5 Å². The fraction of sp³-hybridized carbons (Fsp3) is 0.250. The third-order valence-electron chi connectivity index (χ3n) is 4.80. The van der Waals surface area contributed by atoms with Gasteiger partial charge in [0.15, 0.2) is 0 Å². The molecule has 0 radical (unpaired) electrons. The van der Waals surface area contributed by atoms with E-state index in [-0.39, 0.29) is 12.1 Å². The van der Waals surface area contributed by atoms with Crippen LogP contribution in [-0.4, -0.2) is 29.3 Å². The van der Waals surface area contributed by atoms with E-state index < -0.39 is 41.6 Å². The molecule has 0 unspecified atom stereocenters. The van der Waals surface area contributed by atoms with Crippen LogP contribution >= 0.6 is 0 Å². The van der Waals surface area contributed by atoms with Crippen LogP contribution in [0.15, 0.2) is 42.5 Å². The van der Waals surface area contributed by atoms with Crippen LogP contribution in [-0.2, 0) is 15.1 Å². The Labute approximate surface area is 160 Å². The second-order valence-corrected chi connectivity index (χ2v) is 6.60. The lowest BCUT2D eigenvalue weighted by Crippen LogP contribution is -2.44. The molecule has 8 heteroatoms. The summed E-state index contributed by atoms with van der Waals surface area (Å²) < 4.78 is 26.8. The Balaban J connectivity index is 1.78. The molecule has 2 aromatic rings. The summed E-state index contributed by atoms with van der Waals surface area (Å²) in [7, 11) is 0. The highest BCUT2D eigenvalue weighted by molar-refractivity contribution is 6.10. The molecular weight excluding hydrogens is 368 g/mol. The number of nitrogens with one attached hydrogen (secondary N) is 2. The van der Waals surface area contributed by atoms with Gasteiger partial charge >= 0.3 is 6.03 Å². The molecule has 28 heavy (non-hydrogen) atoms. The first-order valence-electron chi connectivity index (χ1n) is 8.73. The van der Waals surface area contributed by atoms with Crippen molar-refractivity contribution in [3.63, 3.8) is 0 Å². The van der Waals surface area contributed by atoms with E-state index in [0.29, 0.717) is 11.1 Å². The Kier molecular flexibility index (Phi) is 5.13. The van der Waals surface area contributed by atoms with Gasteiger partial charge in [0.1, 0.15) is 23.7 Å². The Morgan fingerprint density at radius 1 is 1.14 bits per heavy atom. The van der Waals surface area contributed by atoms with Crippen LogP contribution in [0.25, 0.3) is 0 Å². The Bertz CT molecular complexity index is 946. The molecule has 2 aromatic carbocycles. The standard InChI is InChI=1S/C20H19F2N3O3/c1-3-20(13-5-7-14(21)8-6-13)18(27)25(19(28)24-20)11-17(26)23-15-9-4-12(2)16(22)10-15/h4-10H,3,11H2,1-2H3,(H,23,26)(H,24,28)/t20-/m0/s1. The van der Waals surface area contributed by atoms with E-state index in [1.165, 1.54) is 36.4 Å². The minimum atomic E-state index is -1.36. The van der Waals surface area contributed by atoms with E-state index in [2.05, 4.69) is 10.6 Å². The first-order valence-corrected chi connectivity index (χ1v) is 8.73. The maximum absolute atomic E-state index is 13.6. The van der Waals surface area contributed by atoms with Crippen molar-refractivity contribution in [3.05, 3.63) is 65.2 Å². The Morgan fingerprint density at radius 3 is 2.43 bits per heavy atom. The summed E-state index contributed by atoms with van der Waals surface area (Å²) in [6, 6.07) is 8.73. The van der Waals surface area contributed by atoms with Crippen molar-refractivity contribution in [2.45, 2.75) is 25.8 Å². The quantitative estimate of drug-likeness (QED) is 0.774. The van der Waals surface area contributed by atoms with E-state index in [9.17, 15) is 23.2 Å². The Hall–Kier alpha value is -3.29. The molecule has 0 saturated carbocycles. The summed E-state index contributed by atoms with van der Waals surface area (Å²) >= 11 is 0. The summed E-state index contributed by atoms with van der Waals surface area (Å²) in [6.07, 6.45) is 0.227. The number of rotatable bonds is 5. The summed E-state index contributed by atoms with van der Waals surface area (Å²) in [6.45, 7) is 2.78. The molecule has 2 N–H and O–H groups in total. The summed E-state index contributed by atoms with van der Waals surface area (Å²) in [5, 5.41) is 5.08. The van der Waals surface area contributed by atoms with Gasteiger partial charge in [-0.25, -0.2) is 13.6 Å². The van der Waals surface area contributed by atoms with Gasteiger partial charge in [0, 0.05) is 5.69 Å². The van der Waals surface area contributed by atoms with Crippen molar-refractivity contribution in [2.24, 2.45) is 0 Å². The second kappa shape index (κ2) is 7.38. The van der Waals surface area contributed by atoms with E-state index in [1.54, 1.807) is 13.8 Å². The van der Waals surface area contributed by atoms with Gasteiger partial charge in [0.25, 0.3) is 5.91 Å². The Morgan fingerprint density at radius 2 is 1.82 bits per heavy atom. The predicted molar refractivity (Wildman–Crippen MR) is 98.4 cm³/mol. The first kappa shape index (κ1) is 19.5. The number of anilines is 1. The zero-order chi connectivity index (χ0) is 20.5. The van der Waals surface area contributed by atoms with Crippen molar-refractivity contribution in [3.8, 4) is 0 Å². The molecule has 0 aromatic heterocycles. The van der Waals surface area contributed by atoms with E-state index in [4.69, 9.17) is 0 Å². The number of hydrogen-bond acceptors (Lipinski definition) is 3. The van der Waals surface area contributed by atoms with Gasteiger partial charge in [0.2, 0.25) is 5.91 Å². The monoisotopic (exact) mass is 387 g/mol. The molecule has 146 valence electrons. The van der Waals surface area contributed by atoms with Crippen LogP contribution in [0.3, 0.4) is 0 Å². The number of imide groups is 1. The molecule has 1 saturated heterocycles. The normalized spacial score (nSPS) is 18.9. The van der Waals surface area contributed by atoms with Gasteiger partial charge in [-0.15, -0.1) is 0 Å². The van der Waals surface area contributed by atoms with Crippen LogP contribution in [0.1, 0.15) is 24.5 Å². The van der Waals surface area contributed by atoms with Crippen molar-refractivity contribution in [1.82, 2.24) is 10.2 Å². The maximum atomic E-state index is 13.6. The van der Waals surface area contributed by atoms with Gasteiger partial charge in [-0.1, -0.05) is 25.1 Å². The lowest BCUT2D eigenvalue weighted by Gasteiger charge is -2.25. The highest BCUT2D eigenvalue weighted by Gasteiger charge is 2.51. The smallest absolute Gasteiger partial charge is 0.324 e. The maximum Gasteiger partial charge on any atom is 0.325 e. The average Bonchev–Trinajstić information content (AvgIpc) is 2.90. The fourth-order valence-corrected chi connectivity index (χ4v) is 3.16. The number of carbonyl (C=O) groups excluding carboxylic acids is 3. The SMILES string of the molecule is CC[C@@]1(c2ccc(F)cc2)NC(=O)N(CC(=O)Nc2ccc(C)c(F)c2)C1=O. The number of aryl methyl sites for hydroxylation is 1. The summed E-state index contributed by atoms with van der Waals surface area (Å²) in [5.41, 5.74) is -0.279. The summed E-state index contributed by atoms with van der Waals surface area (Å²) in [5.74, 6) is -2.18. The molecule has 1 fully saturated rings. The molecular formula is C20H19F2N3O3. The number of halogens is 2. The number of hydrogen-bond donors (Lipinski definition) is 2. The van der Waals surface area contributed by atoms with E-state index >= 15 is 0 Å². The zero-order valence-corrected chi connectivity index (χ0v) is 15.4. The van der Waals surface area contributed by atoms with Crippen LogP contribution in [0, 0.1) is 18.6 Å². The first-order chi connectivity index (χ1) is 13.3. The van der Waals surface area contributed by atoms with Crippen LogP contribution in [0.2, 0.25) is 0 Å². The van der Waals surface area contributed by atoms with Gasteiger partial charge in [-0.2, -0.15) is 0 Å². The van der Waals surface area contributed by atoms with Gasteiger partial charge in [0.05, 0.1) is 0 Å². The average molecular weight is 387 g/mol. The molecule has 0 bridgehead atoms. The van der Waals surface area contributed by atoms with Crippen LogP contribution in [0.4, 0.5) is 19.3 Å². The van der Waals surface area contributed by atoms with Crippen LogP contribution < -0.4 is 10.6 Å². The predicted octanol–water partition coefficient (Wildman–Crippen LogP) is 3.07.